The second kappa shape index (κ2) is 14.0. The lowest BCUT2D eigenvalue weighted by atomic mass is 9.95. The van der Waals surface area contributed by atoms with Crippen LogP contribution in [0, 0.1) is 0 Å². The van der Waals surface area contributed by atoms with E-state index < -0.39 is 28.8 Å². The van der Waals surface area contributed by atoms with E-state index in [2.05, 4.69) is 0 Å². The Kier molecular flexibility index (Phi) is 8.70. The number of aromatic hydroxyl groups is 2. The van der Waals surface area contributed by atoms with Gasteiger partial charge in [-0.3, -0.25) is 0 Å². The van der Waals surface area contributed by atoms with Gasteiger partial charge in [-0.2, -0.15) is 0 Å². The van der Waals surface area contributed by atoms with Gasteiger partial charge in [-0.25, -0.2) is 19.2 Å². The first-order valence-electron chi connectivity index (χ1n) is 17.9. The molecule has 4 aromatic heterocycles. The third-order valence-corrected chi connectivity index (χ3v) is 9.74. The summed E-state index contributed by atoms with van der Waals surface area (Å²) in [4.78, 5) is 51.5. The molecule has 13 heteroatoms. The molecule has 9 rings (SSSR count). The highest BCUT2D eigenvalue weighted by atomic mass is 16.7. The summed E-state index contributed by atoms with van der Waals surface area (Å²) in [6.45, 7) is 2.06. The molecule has 0 saturated heterocycles. The van der Waals surface area contributed by atoms with Crippen molar-refractivity contribution < 1.29 is 42.1 Å². The summed E-state index contributed by atoms with van der Waals surface area (Å²) in [5.74, 6) is 0.834. The fourth-order valence-corrected chi connectivity index (χ4v) is 7.24. The van der Waals surface area contributed by atoms with Crippen LogP contribution in [0.25, 0.3) is 44.2 Å². The van der Waals surface area contributed by atoms with Crippen LogP contribution in [0.5, 0.6) is 23.0 Å². The second-order valence-electron chi connectivity index (χ2n) is 13.5. The first-order valence-corrected chi connectivity index (χ1v) is 17.9. The molecule has 0 bridgehead atoms. The van der Waals surface area contributed by atoms with Crippen LogP contribution in [-0.2, 0) is 24.2 Å². The van der Waals surface area contributed by atoms with E-state index in [0.29, 0.717) is 67.7 Å². The van der Waals surface area contributed by atoms with Crippen molar-refractivity contribution in [2.45, 2.75) is 32.7 Å². The maximum Gasteiger partial charge on any atom is 0.339 e. The summed E-state index contributed by atoms with van der Waals surface area (Å²) in [6, 6.07) is 25.0. The monoisotopic (exact) mass is 766 g/mol. The van der Waals surface area contributed by atoms with Crippen LogP contribution in [-0.4, -0.2) is 16.8 Å². The molecule has 2 N–H and O–H groups in total. The summed E-state index contributed by atoms with van der Waals surface area (Å²) < 4.78 is 40.7. The van der Waals surface area contributed by atoms with E-state index >= 15 is 0 Å². The van der Waals surface area contributed by atoms with Crippen LogP contribution in [0.3, 0.4) is 0 Å². The molecule has 0 amide bonds. The minimum atomic E-state index is -1.14. The molecule has 0 spiro atoms. The normalized spacial score (nSPS) is 13.4. The van der Waals surface area contributed by atoms with Gasteiger partial charge >= 0.3 is 22.5 Å². The number of benzene rings is 4. The average Bonchev–Trinajstić information content (AvgIpc) is 3.17. The van der Waals surface area contributed by atoms with E-state index in [9.17, 15) is 29.4 Å². The lowest BCUT2D eigenvalue weighted by Crippen LogP contribution is -2.21. The average molecular weight is 767 g/mol. The zero-order valence-electron chi connectivity index (χ0n) is 30.0. The summed E-state index contributed by atoms with van der Waals surface area (Å²) in [5.41, 5.74) is 1.52. The highest BCUT2D eigenvalue weighted by Gasteiger charge is 2.31. The topological polar surface area (TPSA) is 189 Å². The van der Waals surface area contributed by atoms with Gasteiger partial charge in [-0.15, -0.1) is 0 Å². The fourth-order valence-electron chi connectivity index (χ4n) is 7.24. The van der Waals surface area contributed by atoms with E-state index in [1.54, 1.807) is 48.5 Å². The number of hydrogen-bond donors (Lipinski definition) is 2. The molecular weight excluding hydrogens is 736 g/mol. The molecule has 5 heterocycles. The molecule has 57 heavy (non-hydrogen) atoms. The van der Waals surface area contributed by atoms with Crippen molar-refractivity contribution in [2.24, 2.45) is 0 Å². The molecule has 1 aliphatic rings. The molecule has 0 fully saturated rings. The molecule has 1 atom stereocenters. The van der Waals surface area contributed by atoms with E-state index in [0.717, 1.165) is 5.56 Å². The minimum absolute atomic E-state index is 0.00982. The number of hydrogen-bond acceptors (Lipinski definition) is 13. The molecule has 0 aliphatic carbocycles. The summed E-state index contributed by atoms with van der Waals surface area (Å²) in [5, 5.41) is 21.8. The first kappa shape index (κ1) is 35.3. The van der Waals surface area contributed by atoms with Crippen molar-refractivity contribution in [1.82, 2.24) is 0 Å². The Balaban J connectivity index is 1.13. The van der Waals surface area contributed by atoms with Crippen molar-refractivity contribution >= 4 is 32.9 Å². The van der Waals surface area contributed by atoms with Gasteiger partial charge in [0.2, 0.25) is 6.29 Å². The predicted octanol–water partition coefficient (Wildman–Crippen LogP) is 7.23. The molecule has 13 nitrogen and oxygen atoms in total. The van der Waals surface area contributed by atoms with Crippen molar-refractivity contribution in [3.05, 3.63) is 172 Å². The molecule has 1 aliphatic heterocycles. The van der Waals surface area contributed by atoms with Gasteiger partial charge in [0.15, 0.2) is 17.1 Å². The van der Waals surface area contributed by atoms with Crippen LogP contribution in [0.4, 0.5) is 0 Å². The van der Waals surface area contributed by atoms with Gasteiger partial charge in [0.05, 0.1) is 24.3 Å². The smallest absolute Gasteiger partial charge is 0.339 e. The Labute approximate surface area is 320 Å². The predicted molar refractivity (Wildman–Crippen MR) is 206 cm³/mol. The number of para-hydroxylation sites is 1. The van der Waals surface area contributed by atoms with Crippen molar-refractivity contribution in [3.8, 4) is 34.3 Å². The Morgan fingerprint density at radius 1 is 0.632 bits per heavy atom. The second-order valence-corrected chi connectivity index (χ2v) is 13.5. The summed E-state index contributed by atoms with van der Waals surface area (Å²) in [6.07, 6.45) is -0.925. The maximum atomic E-state index is 13.8. The van der Waals surface area contributed by atoms with Crippen LogP contribution < -0.4 is 32.0 Å². The highest BCUT2D eigenvalue weighted by molar-refractivity contribution is 5.86. The van der Waals surface area contributed by atoms with Crippen molar-refractivity contribution in [3.63, 3.8) is 0 Å². The summed E-state index contributed by atoms with van der Waals surface area (Å²) in [7, 11) is 0. The van der Waals surface area contributed by atoms with Gasteiger partial charge < -0.3 is 42.1 Å². The third kappa shape index (κ3) is 6.70. The maximum absolute atomic E-state index is 13.8. The number of fused-ring (bicyclic) bond motifs is 6. The third-order valence-electron chi connectivity index (χ3n) is 9.74. The Hall–Kier alpha value is -7.38. The quantitative estimate of drug-likeness (QED) is 0.140. The van der Waals surface area contributed by atoms with Crippen LogP contribution >= 0.6 is 0 Å². The number of phenolic OH excluding ortho intramolecular Hbond substituents is 2. The molecule has 284 valence electrons. The number of phenols is 2. The molecule has 0 saturated carbocycles. The Morgan fingerprint density at radius 2 is 1.37 bits per heavy atom. The molecule has 1 unspecified atom stereocenters. The van der Waals surface area contributed by atoms with Gasteiger partial charge in [0.1, 0.15) is 28.4 Å². The van der Waals surface area contributed by atoms with Crippen LogP contribution in [0.2, 0.25) is 0 Å². The lowest BCUT2D eigenvalue weighted by Gasteiger charge is -2.28. The molecule has 4 aromatic carbocycles. The number of rotatable bonds is 9. The Bertz CT molecular complexity index is 3150. The Morgan fingerprint density at radius 3 is 2.19 bits per heavy atom. The van der Waals surface area contributed by atoms with E-state index in [1.165, 1.54) is 48.5 Å². The summed E-state index contributed by atoms with van der Waals surface area (Å²) >= 11 is 0. The van der Waals surface area contributed by atoms with Gasteiger partial charge in [-0.1, -0.05) is 18.2 Å². The van der Waals surface area contributed by atoms with Gasteiger partial charge in [0.25, 0.3) is 0 Å². The molecular formula is C44H30O13. The van der Waals surface area contributed by atoms with Crippen LogP contribution in [0.15, 0.2) is 134 Å². The van der Waals surface area contributed by atoms with E-state index in [-0.39, 0.29) is 53.4 Å². The minimum Gasteiger partial charge on any atom is -0.508 e. The van der Waals surface area contributed by atoms with Crippen LogP contribution in [0.1, 0.15) is 46.6 Å². The SMILES string of the molecule is CCOc1cccc2c(COC3Oc4ccc(Cc5cc(=O)oc6ccc(O)cc56)cc4-c4oc(=O)c(Cc5cc(=O)oc6cc(O)ccc56)cc43)cc(=O)oc12. The zero-order chi connectivity index (χ0) is 39.4. The van der Waals surface area contributed by atoms with E-state index in [4.69, 9.17) is 31.9 Å². The molecule has 0 radical (unpaired) electrons. The largest absolute Gasteiger partial charge is 0.508 e. The fraction of sp³-hybridized carbons (Fsp3) is 0.136. The zero-order valence-corrected chi connectivity index (χ0v) is 30.0. The number of ether oxygens (including phenoxy) is 3. The van der Waals surface area contributed by atoms with Gasteiger partial charge in [-0.05, 0) is 90.2 Å². The lowest BCUT2D eigenvalue weighted by molar-refractivity contribution is -0.0952. The first-order chi connectivity index (χ1) is 27.6. The van der Waals surface area contributed by atoms with Crippen molar-refractivity contribution in [1.29, 1.82) is 0 Å². The van der Waals surface area contributed by atoms with Crippen molar-refractivity contribution in [2.75, 3.05) is 6.61 Å². The highest BCUT2D eigenvalue weighted by Crippen LogP contribution is 2.44. The van der Waals surface area contributed by atoms with E-state index in [1.807, 2.05) is 6.92 Å². The van der Waals surface area contributed by atoms with Gasteiger partial charge in [0, 0.05) is 52.4 Å². The molecule has 8 aromatic rings. The standard InChI is InChI=1S/C44H30O13/c1-2-51-36-5-3-4-30-26(18-40(49)56-42(30)36)21-52-44-33-15-25(14-24-17-39(48)54-37-20-28(46)7-9-29(24)37)43(50)57-41(33)32-13-22(6-10-35(32)55-44)12-23-16-38(47)53-34-11-8-27(45)19-31(23)34/h3-11,13,15-20,44-46H,2,12,14,21H2,1H3.